The average Bonchev–Trinajstić information content (AvgIpc) is 2.86. The fraction of sp³-hybridized carbons (Fsp3) is 0.571. The van der Waals surface area contributed by atoms with Gasteiger partial charge < -0.3 is 30.6 Å². The van der Waals surface area contributed by atoms with Crippen LogP contribution in [0.4, 0.5) is 0 Å². The van der Waals surface area contributed by atoms with E-state index in [9.17, 15) is 28.8 Å². The van der Waals surface area contributed by atoms with Crippen molar-refractivity contribution in [3.63, 3.8) is 0 Å². The van der Waals surface area contributed by atoms with Crippen molar-refractivity contribution in [2.24, 2.45) is 11.8 Å². The molecule has 0 aliphatic heterocycles. The van der Waals surface area contributed by atoms with Crippen molar-refractivity contribution in [2.45, 2.75) is 91.9 Å². The number of unbranched alkanes of at least 4 members (excludes halogenated alkanes) is 2. The first-order chi connectivity index (χ1) is 18.6. The Kier molecular flexibility index (Phi) is 25.7. The van der Waals surface area contributed by atoms with Crippen LogP contribution in [0.2, 0.25) is 0 Å². The van der Waals surface area contributed by atoms with E-state index in [-0.39, 0.29) is 23.0 Å². The van der Waals surface area contributed by atoms with E-state index in [1.807, 2.05) is 13.8 Å². The van der Waals surface area contributed by atoms with Crippen LogP contribution in [0.25, 0.3) is 0 Å². The molecule has 0 fully saturated rings. The van der Waals surface area contributed by atoms with Crippen LogP contribution in [0.15, 0.2) is 35.5 Å². The Balaban J connectivity index is -0.000000543. The molecular formula is C28H44O12. The van der Waals surface area contributed by atoms with Gasteiger partial charge in [0.15, 0.2) is 0 Å². The van der Waals surface area contributed by atoms with E-state index < -0.39 is 35.8 Å². The molecule has 0 heterocycles. The zero-order valence-corrected chi connectivity index (χ0v) is 23.7. The molecule has 228 valence electrons. The topological polar surface area (TPSA) is 224 Å². The maximum absolute atomic E-state index is 10.8. The van der Waals surface area contributed by atoms with Gasteiger partial charge >= 0.3 is 35.8 Å². The summed E-state index contributed by atoms with van der Waals surface area (Å²) in [4.78, 5) is 61.7. The van der Waals surface area contributed by atoms with E-state index in [4.69, 9.17) is 30.6 Å². The number of rotatable bonds is 18. The molecule has 0 saturated heterocycles. The first-order valence-corrected chi connectivity index (χ1v) is 13.1. The van der Waals surface area contributed by atoms with Crippen LogP contribution >= 0.6 is 0 Å². The van der Waals surface area contributed by atoms with Gasteiger partial charge in [-0.2, -0.15) is 0 Å². The Labute approximate surface area is 234 Å². The lowest BCUT2D eigenvalue weighted by molar-refractivity contribution is -0.135. The molecule has 0 amide bonds. The maximum Gasteiger partial charge on any atom is 0.331 e. The summed E-state index contributed by atoms with van der Waals surface area (Å²) < 4.78 is 0. The monoisotopic (exact) mass is 572 g/mol. The predicted molar refractivity (Wildman–Crippen MR) is 147 cm³/mol. The standard InChI is InChI=1S/2C12H20O4.C4H4O4/c2*1-3-5-6-9(4-2)7-10(12(15)16)8-11(13)14;5-3(6)1-2-4(7)8/h2*8-9H,3-7H2,1-2H3,(H,13,14)(H,15,16);1-2H,(H,5,6)(H,7,8). The van der Waals surface area contributed by atoms with Crippen LogP contribution in [-0.2, 0) is 28.8 Å². The lowest BCUT2D eigenvalue weighted by Gasteiger charge is -2.14. The summed E-state index contributed by atoms with van der Waals surface area (Å²) in [6.45, 7) is 8.16. The molecule has 40 heavy (non-hydrogen) atoms. The third kappa shape index (κ3) is 27.1. The predicted octanol–water partition coefficient (Wildman–Crippen LogP) is 5.09. The van der Waals surface area contributed by atoms with Gasteiger partial charge in [0, 0.05) is 35.5 Å². The van der Waals surface area contributed by atoms with Crippen molar-refractivity contribution in [1.29, 1.82) is 0 Å². The molecule has 0 radical (unpaired) electrons. The van der Waals surface area contributed by atoms with Gasteiger partial charge in [-0.15, -0.1) is 0 Å². The quantitative estimate of drug-likeness (QED) is 0.118. The van der Waals surface area contributed by atoms with Gasteiger partial charge in [-0.25, -0.2) is 28.8 Å². The number of carbonyl (C=O) groups is 6. The normalized spacial score (nSPS) is 12.7. The molecule has 2 atom stereocenters. The molecule has 12 heteroatoms. The van der Waals surface area contributed by atoms with Crippen LogP contribution in [0.3, 0.4) is 0 Å². The molecule has 12 nitrogen and oxygen atoms in total. The third-order valence-corrected chi connectivity index (χ3v) is 5.62. The Hall–Kier alpha value is -3.96. The second-order valence-electron chi connectivity index (χ2n) is 8.88. The van der Waals surface area contributed by atoms with Gasteiger partial charge in [-0.3, -0.25) is 0 Å². The molecule has 0 saturated carbocycles. The zero-order chi connectivity index (χ0) is 31.7. The highest BCUT2D eigenvalue weighted by molar-refractivity contribution is 5.95. The van der Waals surface area contributed by atoms with Crippen molar-refractivity contribution >= 4 is 35.8 Å². The van der Waals surface area contributed by atoms with Crippen molar-refractivity contribution in [3.8, 4) is 0 Å². The molecule has 0 aliphatic rings. The van der Waals surface area contributed by atoms with Crippen molar-refractivity contribution in [2.75, 3.05) is 0 Å². The third-order valence-electron chi connectivity index (χ3n) is 5.62. The molecular weight excluding hydrogens is 528 g/mol. The summed E-state index contributed by atoms with van der Waals surface area (Å²) in [6, 6.07) is 0. The summed E-state index contributed by atoms with van der Waals surface area (Å²) in [5.41, 5.74) is -0.00842. The highest BCUT2D eigenvalue weighted by Crippen LogP contribution is 2.22. The van der Waals surface area contributed by atoms with Crippen LogP contribution in [0, 0.1) is 11.8 Å². The Bertz CT molecular complexity index is 827. The second-order valence-corrected chi connectivity index (χ2v) is 8.88. The minimum absolute atomic E-state index is 0.00421. The van der Waals surface area contributed by atoms with Gasteiger partial charge in [-0.05, 0) is 24.7 Å². The number of carboxylic acids is 6. The van der Waals surface area contributed by atoms with Gasteiger partial charge in [0.25, 0.3) is 0 Å². The van der Waals surface area contributed by atoms with Crippen LogP contribution < -0.4 is 0 Å². The van der Waals surface area contributed by atoms with E-state index in [1.165, 1.54) is 0 Å². The average molecular weight is 573 g/mol. The highest BCUT2D eigenvalue weighted by Gasteiger charge is 2.16. The van der Waals surface area contributed by atoms with E-state index in [0.29, 0.717) is 25.0 Å². The number of aliphatic carboxylic acids is 6. The van der Waals surface area contributed by atoms with E-state index in [2.05, 4.69) is 13.8 Å². The van der Waals surface area contributed by atoms with Gasteiger partial charge in [-0.1, -0.05) is 79.1 Å². The number of hydrogen-bond donors (Lipinski definition) is 6. The molecule has 0 aromatic heterocycles. The summed E-state index contributed by atoms with van der Waals surface area (Å²) >= 11 is 0. The summed E-state index contributed by atoms with van der Waals surface area (Å²) in [5, 5.41) is 50.5. The van der Waals surface area contributed by atoms with Crippen LogP contribution in [0.5, 0.6) is 0 Å². The van der Waals surface area contributed by atoms with E-state index >= 15 is 0 Å². The first kappa shape index (κ1) is 40.5. The summed E-state index contributed by atoms with van der Waals surface area (Å²) in [5.74, 6) is -6.62. The molecule has 0 aromatic carbocycles. The molecule has 0 spiro atoms. The molecule has 2 unspecified atom stereocenters. The number of carboxylic acid groups (broad SMARTS) is 6. The lowest BCUT2D eigenvalue weighted by Crippen LogP contribution is -2.09. The fourth-order valence-corrected chi connectivity index (χ4v) is 3.37. The van der Waals surface area contributed by atoms with Gasteiger partial charge in [0.05, 0.1) is 0 Å². The lowest BCUT2D eigenvalue weighted by atomic mass is 9.91. The Morgan fingerprint density at radius 1 is 0.525 bits per heavy atom. The van der Waals surface area contributed by atoms with E-state index in [0.717, 1.165) is 63.5 Å². The van der Waals surface area contributed by atoms with Crippen LogP contribution in [0.1, 0.15) is 91.9 Å². The largest absolute Gasteiger partial charge is 0.478 e. The Morgan fingerprint density at radius 2 is 0.825 bits per heavy atom. The molecule has 0 aliphatic carbocycles. The maximum atomic E-state index is 10.8. The van der Waals surface area contributed by atoms with Gasteiger partial charge in [0.2, 0.25) is 0 Å². The van der Waals surface area contributed by atoms with E-state index in [1.54, 1.807) is 0 Å². The SMILES string of the molecule is CCCCC(CC)CC(=CC(=O)O)C(=O)O.CCCCC(CC)CC(=CC(=O)O)C(=O)O.O=C(O)C=CC(=O)O. The zero-order valence-electron chi connectivity index (χ0n) is 23.7. The minimum Gasteiger partial charge on any atom is -0.478 e. The molecule has 6 N–H and O–H groups in total. The van der Waals surface area contributed by atoms with Crippen molar-refractivity contribution < 1.29 is 59.4 Å². The smallest absolute Gasteiger partial charge is 0.331 e. The molecule has 0 rings (SSSR count). The summed E-state index contributed by atoms with van der Waals surface area (Å²) in [7, 11) is 0. The first-order valence-electron chi connectivity index (χ1n) is 13.1. The molecule has 0 aromatic rings. The van der Waals surface area contributed by atoms with Crippen molar-refractivity contribution in [3.05, 3.63) is 35.5 Å². The van der Waals surface area contributed by atoms with Crippen molar-refractivity contribution in [1.82, 2.24) is 0 Å². The van der Waals surface area contributed by atoms with Gasteiger partial charge in [0.1, 0.15) is 0 Å². The minimum atomic E-state index is -1.26. The molecule has 0 bridgehead atoms. The fourth-order valence-electron chi connectivity index (χ4n) is 3.37. The summed E-state index contributed by atoms with van der Waals surface area (Å²) in [6.07, 6.45) is 11.3. The highest BCUT2D eigenvalue weighted by atomic mass is 16.4. The number of hydrogen-bond acceptors (Lipinski definition) is 6. The Morgan fingerprint density at radius 3 is 1.00 bits per heavy atom. The second kappa shape index (κ2) is 25.3. The van der Waals surface area contributed by atoms with Crippen LogP contribution in [-0.4, -0.2) is 66.5 Å².